The van der Waals surface area contributed by atoms with Gasteiger partial charge in [0.2, 0.25) is 0 Å². The molecule has 22 heavy (non-hydrogen) atoms. The summed E-state index contributed by atoms with van der Waals surface area (Å²) in [6, 6.07) is 18.3. The van der Waals surface area contributed by atoms with Crippen LogP contribution in [0.15, 0.2) is 54.6 Å². The van der Waals surface area contributed by atoms with Gasteiger partial charge in [-0.25, -0.2) is 0 Å². The fraction of sp³-hybridized carbons (Fsp3) is 0.235. The van der Waals surface area contributed by atoms with Crippen LogP contribution in [0, 0.1) is 0 Å². The topological polar surface area (TPSA) is 9.72 Å². The van der Waals surface area contributed by atoms with E-state index in [9.17, 15) is 0 Å². The molecular weight excluding hydrogens is 314 g/mol. The molecule has 2 fully saturated rings. The molecule has 1 unspecified atom stereocenters. The van der Waals surface area contributed by atoms with Gasteiger partial charge in [-0.3, -0.25) is 9.91 Å². The molecule has 0 N–H and O–H groups in total. The fourth-order valence-electron chi connectivity index (χ4n) is 3.28. The highest BCUT2D eigenvalue weighted by molar-refractivity contribution is 7.80. The van der Waals surface area contributed by atoms with E-state index >= 15 is 0 Å². The Kier molecular flexibility index (Phi) is 3.53. The highest BCUT2D eigenvalue weighted by atomic mass is 35.5. The van der Waals surface area contributed by atoms with E-state index in [2.05, 4.69) is 33.1 Å². The Morgan fingerprint density at radius 3 is 2.45 bits per heavy atom. The molecule has 0 spiro atoms. The minimum absolute atomic E-state index is 0.0334. The van der Waals surface area contributed by atoms with Crippen molar-refractivity contribution >= 4 is 34.6 Å². The van der Waals surface area contributed by atoms with E-state index in [-0.39, 0.29) is 6.17 Å². The third-order valence-corrected chi connectivity index (χ3v) is 4.99. The second kappa shape index (κ2) is 5.54. The van der Waals surface area contributed by atoms with Crippen LogP contribution in [0.3, 0.4) is 0 Å². The molecule has 2 aromatic rings. The maximum Gasteiger partial charge on any atom is 0.192 e. The second-order valence-electron chi connectivity index (χ2n) is 5.52. The second-order valence-corrected chi connectivity index (χ2v) is 6.30. The van der Waals surface area contributed by atoms with E-state index in [1.165, 1.54) is 0 Å². The van der Waals surface area contributed by atoms with Gasteiger partial charge in [0.1, 0.15) is 6.17 Å². The van der Waals surface area contributed by atoms with Crippen LogP contribution < -0.4 is 4.90 Å². The number of hydrazine groups is 1. The maximum absolute atomic E-state index is 6.48. The molecule has 1 atom stereocenters. The number of fused-ring (bicyclic) bond motifs is 1. The van der Waals surface area contributed by atoms with Crippen LogP contribution >= 0.6 is 23.8 Å². The quantitative estimate of drug-likeness (QED) is 0.768. The molecule has 0 radical (unpaired) electrons. The Hall–Kier alpha value is -1.62. The molecule has 4 rings (SSSR count). The molecule has 0 aliphatic carbocycles. The monoisotopic (exact) mass is 329 g/mol. The van der Waals surface area contributed by atoms with Gasteiger partial charge >= 0.3 is 0 Å². The van der Waals surface area contributed by atoms with Crippen LogP contribution in [0.2, 0.25) is 5.02 Å². The molecule has 0 bridgehead atoms. The average molecular weight is 330 g/mol. The summed E-state index contributed by atoms with van der Waals surface area (Å²) in [5.74, 6) is 0. The van der Waals surface area contributed by atoms with Gasteiger partial charge in [-0.1, -0.05) is 48.0 Å². The minimum Gasteiger partial charge on any atom is -0.296 e. The molecule has 3 nitrogen and oxygen atoms in total. The van der Waals surface area contributed by atoms with E-state index in [0.717, 1.165) is 40.9 Å². The summed E-state index contributed by atoms with van der Waals surface area (Å²) in [6.45, 7) is 1.97. The molecule has 2 aliphatic rings. The van der Waals surface area contributed by atoms with Gasteiger partial charge in [-0.05, 0) is 36.8 Å². The summed E-state index contributed by atoms with van der Waals surface area (Å²) in [4.78, 5) is 2.20. The number of hydrogen-bond donors (Lipinski definition) is 0. The lowest BCUT2D eigenvalue weighted by atomic mass is 10.1. The number of nitrogens with zero attached hydrogens (tertiary/aromatic N) is 3. The lowest BCUT2D eigenvalue weighted by molar-refractivity contribution is 0.0923. The van der Waals surface area contributed by atoms with E-state index < -0.39 is 0 Å². The Bertz CT molecular complexity index is 706. The number of rotatable bonds is 2. The zero-order chi connectivity index (χ0) is 15.1. The zero-order valence-electron chi connectivity index (χ0n) is 12.0. The summed E-state index contributed by atoms with van der Waals surface area (Å²) >= 11 is 12.2. The summed E-state index contributed by atoms with van der Waals surface area (Å²) in [6.07, 6.45) is 1.16. The molecule has 112 valence electrons. The SMILES string of the molecule is S=C1N(c2ccccc2)C(c2ccccc2Cl)N2CCCN12. The lowest BCUT2D eigenvalue weighted by Gasteiger charge is -2.29. The predicted molar refractivity (Wildman–Crippen MR) is 93.7 cm³/mol. The Labute approximate surface area is 140 Å². The first kappa shape index (κ1) is 14.0. The van der Waals surface area contributed by atoms with Crippen molar-refractivity contribution in [3.05, 3.63) is 65.2 Å². The van der Waals surface area contributed by atoms with Gasteiger partial charge in [0.05, 0.1) is 0 Å². The van der Waals surface area contributed by atoms with Crippen molar-refractivity contribution in [2.45, 2.75) is 12.6 Å². The van der Waals surface area contributed by atoms with E-state index in [4.69, 9.17) is 23.8 Å². The zero-order valence-corrected chi connectivity index (χ0v) is 13.6. The fourth-order valence-corrected chi connectivity index (χ4v) is 3.91. The molecule has 2 heterocycles. The van der Waals surface area contributed by atoms with Crippen LogP contribution in [0.1, 0.15) is 18.2 Å². The minimum atomic E-state index is 0.0334. The van der Waals surface area contributed by atoms with Crippen LogP contribution in [0.25, 0.3) is 0 Å². The first-order valence-corrected chi connectivity index (χ1v) is 8.23. The predicted octanol–water partition coefficient (Wildman–Crippen LogP) is 4.07. The molecule has 2 aromatic carbocycles. The van der Waals surface area contributed by atoms with E-state index in [1.807, 2.05) is 36.4 Å². The highest BCUT2D eigenvalue weighted by Gasteiger charge is 2.45. The Morgan fingerprint density at radius 2 is 1.68 bits per heavy atom. The number of anilines is 1. The van der Waals surface area contributed by atoms with Gasteiger partial charge < -0.3 is 0 Å². The number of benzene rings is 2. The molecule has 0 amide bonds. The number of halogens is 1. The van der Waals surface area contributed by atoms with Gasteiger partial charge in [0.25, 0.3) is 0 Å². The molecule has 5 heteroatoms. The van der Waals surface area contributed by atoms with Gasteiger partial charge in [-0.2, -0.15) is 5.01 Å². The van der Waals surface area contributed by atoms with Gasteiger partial charge in [-0.15, -0.1) is 0 Å². The largest absolute Gasteiger partial charge is 0.296 e. The number of thiocarbonyl (C=S) groups is 1. The molecule has 0 aromatic heterocycles. The number of para-hydroxylation sites is 1. The van der Waals surface area contributed by atoms with Gasteiger partial charge in [0, 0.05) is 29.4 Å². The summed E-state index contributed by atoms with van der Waals surface area (Å²) in [5, 5.41) is 6.17. The first-order chi connectivity index (χ1) is 10.8. The Morgan fingerprint density at radius 1 is 0.955 bits per heavy atom. The molecule has 0 saturated carbocycles. The summed E-state index contributed by atoms with van der Waals surface area (Å²) < 4.78 is 0. The van der Waals surface area contributed by atoms with Crippen LogP contribution in [-0.2, 0) is 0 Å². The Balaban J connectivity index is 1.84. The van der Waals surface area contributed by atoms with Crippen molar-refractivity contribution in [2.24, 2.45) is 0 Å². The van der Waals surface area contributed by atoms with Crippen molar-refractivity contribution in [1.29, 1.82) is 0 Å². The van der Waals surface area contributed by atoms with E-state index in [0.29, 0.717) is 0 Å². The van der Waals surface area contributed by atoms with Crippen molar-refractivity contribution in [1.82, 2.24) is 10.0 Å². The lowest BCUT2D eigenvalue weighted by Crippen LogP contribution is -2.32. The van der Waals surface area contributed by atoms with Crippen molar-refractivity contribution in [3.8, 4) is 0 Å². The first-order valence-electron chi connectivity index (χ1n) is 7.44. The third kappa shape index (κ3) is 2.10. The third-order valence-electron chi connectivity index (χ3n) is 4.24. The summed E-state index contributed by atoms with van der Waals surface area (Å²) in [5.41, 5.74) is 2.20. The standard InChI is InChI=1S/C17H16ClN3S/c18-15-10-5-4-9-14(15)16-19-11-6-12-20(19)17(22)21(16)13-7-2-1-3-8-13/h1-5,7-10,16H,6,11-12H2. The molecule has 2 aliphatic heterocycles. The molecular formula is C17H16ClN3S. The normalized spacial score (nSPS) is 21.5. The summed E-state index contributed by atoms with van der Waals surface area (Å²) in [7, 11) is 0. The average Bonchev–Trinajstić information content (AvgIpc) is 3.11. The smallest absolute Gasteiger partial charge is 0.192 e. The van der Waals surface area contributed by atoms with E-state index in [1.54, 1.807) is 0 Å². The molecule has 2 saturated heterocycles. The van der Waals surface area contributed by atoms with Crippen LogP contribution in [0.5, 0.6) is 0 Å². The van der Waals surface area contributed by atoms with Crippen molar-refractivity contribution < 1.29 is 0 Å². The highest BCUT2D eigenvalue weighted by Crippen LogP contribution is 2.42. The van der Waals surface area contributed by atoms with Crippen LogP contribution in [-0.4, -0.2) is 28.2 Å². The number of hydrogen-bond acceptors (Lipinski definition) is 2. The van der Waals surface area contributed by atoms with Crippen molar-refractivity contribution in [2.75, 3.05) is 18.0 Å². The maximum atomic E-state index is 6.48. The van der Waals surface area contributed by atoms with Crippen molar-refractivity contribution in [3.63, 3.8) is 0 Å². The van der Waals surface area contributed by atoms with Crippen LogP contribution in [0.4, 0.5) is 5.69 Å². The van der Waals surface area contributed by atoms with Gasteiger partial charge in [0.15, 0.2) is 5.11 Å².